The van der Waals surface area contributed by atoms with Crippen LogP contribution in [-0.2, 0) is 11.3 Å². The number of rotatable bonds is 6. The minimum absolute atomic E-state index is 0.0115. The lowest BCUT2D eigenvalue weighted by Crippen LogP contribution is -2.54. The molecule has 1 atom stereocenters. The smallest absolute Gasteiger partial charge is 0.221 e. The first-order valence-corrected chi connectivity index (χ1v) is 7.81. The summed E-state index contributed by atoms with van der Waals surface area (Å²) in [5.74, 6) is 0.824. The third-order valence-corrected chi connectivity index (χ3v) is 4.27. The second-order valence-corrected chi connectivity index (χ2v) is 6.69. The van der Waals surface area contributed by atoms with Gasteiger partial charge in [0.05, 0.1) is 6.54 Å². The van der Waals surface area contributed by atoms with E-state index < -0.39 is 0 Å². The second kappa shape index (κ2) is 7.02. The predicted molar refractivity (Wildman–Crippen MR) is 81.7 cm³/mol. The van der Waals surface area contributed by atoms with E-state index in [0.717, 1.165) is 19.0 Å². The summed E-state index contributed by atoms with van der Waals surface area (Å²) in [6, 6.07) is 0. The minimum Gasteiger partial charge on any atom is -0.354 e. The molecule has 0 aliphatic carbocycles. The maximum Gasteiger partial charge on any atom is 0.221 e. The molecule has 2 heterocycles. The van der Waals surface area contributed by atoms with Crippen LogP contribution in [0, 0.1) is 5.92 Å². The Kier molecular flexibility index (Phi) is 5.33. The number of aryl methyl sites for hydroxylation is 1. The number of hydrogen-bond donors (Lipinski definition) is 1. The number of hydrogen-bond acceptors (Lipinski definition) is 4. The topological polar surface area (TPSA) is 63.1 Å². The Morgan fingerprint density at radius 2 is 2.29 bits per heavy atom. The van der Waals surface area contributed by atoms with Crippen LogP contribution in [0.4, 0.5) is 0 Å². The van der Waals surface area contributed by atoms with Crippen LogP contribution in [0.15, 0.2) is 12.7 Å². The van der Waals surface area contributed by atoms with Crippen molar-refractivity contribution in [3.8, 4) is 0 Å². The molecule has 1 unspecified atom stereocenters. The van der Waals surface area contributed by atoms with E-state index in [1.807, 2.05) is 0 Å². The lowest BCUT2D eigenvalue weighted by Gasteiger charge is -2.43. The highest BCUT2D eigenvalue weighted by molar-refractivity contribution is 5.75. The zero-order chi connectivity index (χ0) is 15.3. The van der Waals surface area contributed by atoms with E-state index in [9.17, 15) is 4.79 Å². The van der Waals surface area contributed by atoms with Gasteiger partial charge in [-0.05, 0) is 39.2 Å². The highest BCUT2D eigenvalue weighted by Gasteiger charge is 2.30. The van der Waals surface area contributed by atoms with Gasteiger partial charge in [0.25, 0.3) is 0 Å². The van der Waals surface area contributed by atoms with E-state index in [2.05, 4.69) is 41.1 Å². The van der Waals surface area contributed by atoms with Crippen LogP contribution < -0.4 is 5.32 Å². The van der Waals surface area contributed by atoms with Crippen molar-refractivity contribution >= 4 is 5.91 Å². The molecule has 1 N–H and O–H groups in total. The summed E-state index contributed by atoms with van der Waals surface area (Å²) in [5, 5.41) is 7.05. The van der Waals surface area contributed by atoms with E-state index in [-0.39, 0.29) is 11.4 Å². The average Bonchev–Trinajstić information content (AvgIpc) is 2.96. The fourth-order valence-electron chi connectivity index (χ4n) is 2.82. The highest BCUT2D eigenvalue weighted by atomic mass is 16.1. The lowest BCUT2D eigenvalue weighted by molar-refractivity contribution is -0.122. The fraction of sp³-hybridized carbons (Fsp3) is 0.800. The summed E-state index contributed by atoms with van der Waals surface area (Å²) in [7, 11) is 0. The number of aromatic nitrogens is 3. The van der Waals surface area contributed by atoms with Crippen LogP contribution in [0.25, 0.3) is 0 Å². The number of amides is 1. The number of carbonyl (C=O) groups is 1. The molecule has 0 saturated carbocycles. The highest BCUT2D eigenvalue weighted by Crippen LogP contribution is 2.23. The second-order valence-electron chi connectivity index (χ2n) is 6.69. The Labute approximate surface area is 126 Å². The molecule has 1 aliphatic rings. The molecule has 0 bridgehead atoms. The van der Waals surface area contributed by atoms with Crippen molar-refractivity contribution in [3.63, 3.8) is 0 Å². The summed E-state index contributed by atoms with van der Waals surface area (Å²) in [6.07, 6.45) is 6.13. The normalized spacial score (nSPS) is 20.4. The molecule has 0 spiro atoms. The molecule has 21 heavy (non-hydrogen) atoms. The molecule has 0 radical (unpaired) electrons. The fourth-order valence-corrected chi connectivity index (χ4v) is 2.82. The Morgan fingerprint density at radius 3 is 2.95 bits per heavy atom. The number of carbonyl (C=O) groups excluding carboxylic acids is 1. The van der Waals surface area contributed by atoms with Crippen molar-refractivity contribution in [3.05, 3.63) is 12.7 Å². The third kappa shape index (κ3) is 4.81. The van der Waals surface area contributed by atoms with E-state index in [1.54, 1.807) is 11.0 Å². The average molecular weight is 293 g/mol. The zero-order valence-corrected chi connectivity index (χ0v) is 13.4. The van der Waals surface area contributed by atoms with Crippen LogP contribution in [0.2, 0.25) is 0 Å². The van der Waals surface area contributed by atoms with Crippen molar-refractivity contribution in [2.75, 3.05) is 19.6 Å². The van der Waals surface area contributed by atoms with Gasteiger partial charge in [0.1, 0.15) is 12.7 Å². The van der Waals surface area contributed by atoms with E-state index in [0.29, 0.717) is 19.5 Å². The SMILES string of the molecule is CC1CCCN(C(C)(C)CNC(=O)CCn2cncn2)C1. The van der Waals surface area contributed by atoms with Crippen molar-refractivity contribution in [1.82, 2.24) is 25.0 Å². The number of piperidine rings is 1. The Morgan fingerprint density at radius 1 is 1.48 bits per heavy atom. The maximum atomic E-state index is 11.9. The molecule has 1 amide bonds. The largest absolute Gasteiger partial charge is 0.354 e. The van der Waals surface area contributed by atoms with Crippen molar-refractivity contribution in [1.29, 1.82) is 0 Å². The standard InChI is InChI=1S/C15H27N5O/c1-13-5-4-7-19(9-13)15(2,3)10-17-14(21)6-8-20-12-16-11-18-20/h11-13H,4-10H2,1-3H3,(H,17,21). The first-order chi connectivity index (χ1) is 9.97. The number of nitrogens with zero attached hydrogens (tertiary/aromatic N) is 4. The zero-order valence-electron chi connectivity index (χ0n) is 13.4. The molecule has 6 heteroatoms. The van der Waals surface area contributed by atoms with Crippen molar-refractivity contribution in [2.45, 2.75) is 52.1 Å². The van der Waals surface area contributed by atoms with Gasteiger partial charge in [0.15, 0.2) is 0 Å². The molecule has 1 aromatic heterocycles. The van der Waals surface area contributed by atoms with Gasteiger partial charge >= 0.3 is 0 Å². The molecule has 1 saturated heterocycles. The number of likely N-dealkylation sites (tertiary alicyclic amines) is 1. The van der Waals surface area contributed by atoms with Gasteiger partial charge in [-0.25, -0.2) is 4.98 Å². The van der Waals surface area contributed by atoms with Crippen molar-refractivity contribution < 1.29 is 4.79 Å². The van der Waals surface area contributed by atoms with Gasteiger partial charge in [-0.2, -0.15) is 5.10 Å². The molecule has 1 fully saturated rings. The van der Waals surface area contributed by atoms with Gasteiger partial charge in [0, 0.05) is 25.0 Å². The van der Waals surface area contributed by atoms with Gasteiger partial charge in [-0.3, -0.25) is 14.4 Å². The summed E-state index contributed by atoms with van der Waals surface area (Å²) in [5.41, 5.74) is 0.0115. The van der Waals surface area contributed by atoms with Crippen LogP contribution >= 0.6 is 0 Å². The molecular formula is C15H27N5O. The van der Waals surface area contributed by atoms with Crippen molar-refractivity contribution in [2.24, 2.45) is 5.92 Å². The van der Waals surface area contributed by atoms with Crippen LogP contribution in [-0.4, -0.2) is 50.7 Å². The number of nitrogens with one attached hydrogen (secondary N) is 1. The van der Waals surface area contributed by atoms with Gasteiger partial charge < -0.3 is 5.32 Å². The third-order valence-electron chi connectivity index (χ3n) is 4.27. The molecule has 0 aromatic carbocycles. The van der Waals surface area contributed by atoms with Crippen LogP contribution in [0.5, 0.6) is 0 Å². The molecule has 1 aromatic rings. The van der Waals surface area contributed by atoms with Crippen LogP contribution in [0.3, 0.4) is 0 Å². The van der Waals surface area contributed by atoms with E-state index in [4.69, 9.17) is 0 Å². The van der Waals surface area contributed by atoms with E-state index >= 15 is 0 Å². The summed E-state index contributed by atoms with van der Waals surface area (Å²) in [4.78, 5) is 18.3. The van der Waals surface area contributed by atoms with Gasteiger partial charge in [-0.15, -0.1) is 0 Å². The summed E-state index contributed by atoms with van der Waals surface area (Å²) >= 11 is 0. The Bertz CT molecular complexity index is 443. The molecule has 118 valence electrons. The molecular weight excluding hydrogens is 266 g/mol. The lowest BCUT2D eigenvalue weighted by atomic mass is 9.93. The first-order valence-electron chi connectivity index (χ1n) is 7.81. The first kappa shape index (κ1) is 15.9. The molecule has 2 rings (SSSR count). The quantitative estimate of drug-likeness (QED) is 0.858. The summed E-state index contributed by atoms with van der Waals surface area (Å²) < 4.78 is 1.68. The van der Waals surface area contributed by atoms with Gasteiger partial charge in [-0.1, -0.05) is 6.92 Å². The van der Waals surface area contributed by atoms with Gasteiger partial charge in [0.2, 0.25) is 5.91 Å². The summed E-state index contributed by atoms with van der Waals surface area (Å²) in [6.45, 7) is 10.3. The maximum absolute atomic E-state index is 11.9. The minimum atomic E-state index is 0.0115. The monoisotopic (exact) mass is 293 g/mol. The predicted octanol–water partition coefficient (Wildman–Crippen LogP) is 1.29. The van der Waals surface area contributed by atoms with Crippen LogP contribution in [0.1, 0.15) is 40.0 Å². The molecule has 6 nitrogen and oxygen atoms in total. The van der Waals surface area contributed by atoms with E-state index in [1.165, 1.54) is 19.2 Å². The Balaban J connectivity index is 1.73. The molecule has 1 aliphatic heterocycles. The Hall–Kier alpha value is -1.43.